The lowest BCUT2D eigenvalue weighted by Gasteiger charge is -2.30. The van der Waals surface area contributed by atoms with Crippen molar-refractivity contribution in [2.45, 2.75) is 52.2 Å². The minimum atomic E-state index is -2.88. The highest BCUT2D eigenvalue weighted by Gasteiger charge is 2.38. The number of aliphatic hydroxyl groups excluding tert-OH is 1. The van der Waals surface area contributed by atoms with Crippen LogP contribution < -0.4 is 10.1 Å². The third-order valence-electron chi connectivity index (χ3n) is 4.91. The number of benzene rings is 1. The average Bonchev–Trinajstić information content (AvgIpc) is 3.07. The Kier molecular flexibility index (Phi) is 6.15. The molecule has 134 valence electrons. The molecule has 1 atom stereocenters. The highest BCUT2D eigenvalue weighted by atomic mass is 19.3. The lowest BCUT2D eigenvalue weighted by Crippen LogP contribution is -2.42. The molecule has 1 aliphatic rings. The summed E-state index contributed by atoms with van der Waals surface area (Å²) < 4.78 is 28.5. The van der Waals surface area contributed by atoms with Gasteiger partial charge < -0.3 is 15.2 Å². The van der Waals surface area contributed by atoms with Crippen molar-refractivity contribution in [3.8, 4) is 5.75 Å². The molecule has 1 aromatic carbocycles. The number of ether oxygens (including phenoxy) is 1. The first kappa shape index (κ1) is 18.6. The minimum absolute atomic E-state index is 0.0346. The first-order valence-electron chi connectivity index (χ1n) is 8.32. The van der Waals surface area contributed by atoms with Crippen LogP contribution in [0.15, 0.2) is 24.3 Å². The molecule has 1 aromatic rings. The van der Waals surface area contributed by atoms with E-state index in [1.54, 1.807) is 0 Å². The van der Waals surface area contributed by atoms with Crippen molar-refractivity contribution >= 4 is 5.91 Å². The molecule has 0 heterocycles. The van der Waals surface area contributed by atoms with Crippen molar-refractivity contribution in [1.82, 2.24) is 5.32 Å². The van der Waals surface area contributed by atoms with Gasteiger partial charge in [0, 0.05) is 12.0 Å². The molecule has 4 nitrogen and oxygen atoms in total. The van der Waals surface area contributed by atoms with E-state index in [0.717, 1.165) is 25.7 Å². The van der Waals surface area contributed by atoms with Gasteiger partial charge in [-0.25, -0.2) is 0 Å². The Morgan fingerprint density at radius 3 is 2.42 bits per heavy atom. The minimum Gasteiger partial charge on any atom is -0.435 e. The van der Waals surface area contributed by atoms with E-state index >= 15 is 0 Å². The van der Waals surface area contributed by atoms with Crippen LogP contribution in [0.25, 0.3) is 0 Å². The van der Waals surface area contributed by atoms with E-state index in [0.29, 0.717) is 11.5 Å². The quantitative estimate of drug-likeness (QED) is 0.796. The maximum atomic E-state index is 12.4. The number of aliphatic hydroxyl groups is 1. The summed E-state index contributed by atoms with van der Waals surface area (Å²) >= 11 is 0. The van der Waals surface area contributed by atoms with Crippen LogP contribution >= 0.6 is 0 Å². The monoisotopic (exact) mass is 341 g/mol. The zero-order valence-corrected chi connectivity index (χ0v) is 14.1. The fourth-order valence-electron chi connectivity index (χ4n) is 3.24. The van der Waals surface area contributed by atoms with Gasteiger partial charge >= 0.3 is 6.61 Å². The second-order valence-electron chi connectivity index (χ2n) is 6.88. The van der Waals surface area contributed by atoms with Crippen molar-refractivity contribution in [3.05, 3.63) is 29.8 Å². The number of nitrogens with one attached hydrogen (secondary N) is 1. The standard InChI is InChI=1S/C18H25F2NO3/c1-18(2,13-5-3-4-6-13)16(23)21-11-15(22)12-7-9-14(10-8-12)24-17(19)20/h7-10,13,15,17,22H,3-6,11H2,1-2H3,(H,21,23). The summed E-state index contributed by atoms with van der Waals surface area (Å²) in [7, 11) is 0. The van der Waals surface area contributed by atoms with Crippen molar-refractivity contribution in [2.24, 2.45) is 11.3 Å². The van der Waals surface area contributed by atoms with E-state index in [1.807, 2.05) is 13.8 Å². The molecule has 0 bridgehead atoms. The number of halogens is 2. The Morgan fingerprint density at radius 2 is 1.88 bits per heavy atom. The van der Waals surface area contributed by atoms with E-state index < -0.39 is 18.1 Å². The van der Waals surface area contributed by atoms with Gasteiger partial charge in [0.2, 0.25) is 5.91 Å². The van der Waals surface area contributed by atoms with Gasteiger partial charge in [-0.05, 0) is 36.5 Å². The van der Waals surface area contributed by atoms with Crippen LogP contribution in [0.4, 0.5) is 8.78 Å². The van der Waals surface area contributed by atoms with Gasteiger partial charge in [-0.2, -0.15) is 8.78 Å². The normalized spacial score (nSPS) is 17.1. The molecule has 1 fully saturated rings. The number of alkyl halides is 2. The first-order valence-corrected chi connectivity index (χ1v) is 8.32. The second-order valence-corrected chi connectivity index (χ2v) is 6.88. The van der Waals surface area contributed by atoms with Crippen LogP contribution in [0.1, 0.15) is 51.2 Å². The Bertz CT molecular complexity index is 540. The smallest absolute Gasteiger partial charge is 0.387 e. The SMILES string of the molecule is CC(C)(C(=O)NCC(O)c1ccc(OC(F)F)cc1)C1CCCC1. The molecule has 0 aliphatic heterocycles. The lowest BCUT2D eigenvalue weighted by molar-refractivity contribution is -0.132. The van der Waals surface area contributed by atoms with Crippen LogP contribution in [-0.4, -0.2) is 24.2 Å². The van der Waals surface area contributed by atoms with Crippen molar-refractivity contribution in [3.63, 3.8) is 0 Å². The molecule has 1 aliphatic carbocycles. The number of hydrogen-bond donors (Lipinski definition) is 2. The van der Waals surface area contributed by atoms with Gasteiger partial charge in [-0.3, -0.25) is 4.79 Å². The number of hydrogen-bond acceptors (Lipinski definition) is 3. The predicted octanol–water partition coefficient (Wildman–Crippen LogP) is 3.65. The van der Waals surface area contributed by atoms with Gasteiger partial charge in [0.25, 0.3) is 0 Å². The highest BCUT2D eigenvalue weighted by molar-refractivity contribution is 5.82. The summed E-state index contributed by atoms with van der Waals surface area (Å²) in [6.45, 7) is 1.10. The largest absolute Gasteiger partial charge is 0.435 e. The molecular formula is C18H25F2NO3. The maximum absolute atomic E-state index is 12.4. The van der Waals surface area contributed by atoms with Crippen molar-refractivity contribution < 1.29 is 23.4 Å². The molecule has 0 radical (unpaired) electrons. The summed E-state index contributed by atoms with van der Waals surface area (Å²) in [6.07, 6.45) is 3.56. The summed E-state index contributed by atoms with van der Waals surface area (Å²) in [6, 6.07) is 5.76. The van der Waals surface area contributed by atoms with Crippen molar-refractivity contribution in [1.29, 1.82) is 0 Å². The van der Waals surface area contributed by atoms with Gasteiger partial charge in [0.15, 0.2) is 0 Å². The van der Waals surface area contributed by atoms with E-state index in [-0.39, 0.29) is 18.2 Å². The van der Waals surface area contributed by atoms with E-state index in [2.05, 4.69) is 10.1 Å². The van der Waals surface area contributed by atoms with Crippen LogP contribution in [0, 0.1) is 11.3 Å². The number of amides is 1. The van der Waals surface area contributed by atoms with Crippen LogP contribution in [0.5, 0.6) is 5.75 Å². The van der Waals surface area contributed by atoms with E-state index in [4.69, 9.17) is 0 Å². The number of carbonyl (C=O) groups excluding carboxylic acids is 1. The predicted molar refractivity (Wildman–Crippen MR) is 86.8 cm³/mol. The van der Waals surface area contributed by atoms with Crippen LogP contribution in [-0.2, 0) is 4.79 Å². The van der Waals surface area contributed by atoms with Crippen LogP contribution in [0.3, 0.4) is 0 Å². The molecule has 6 heteroatoms. The van der Waals surface area contributed by atoms with Gasteiger partial charge in [0.1, 0.15) is 5.75 Å². The Balaban J connectivity index is 1.87. The Labute approximate surface area is 141 Å². The summed E-state index contributed by atoms with van der Waals surface area (Å²) in [5.74, 6) is 0.346. The molecule has 0 saturated heterocycles. The van der Waals surface area contributed by atoms with Gasteiger partial charge in [-0.15, -0.1) is 0 Å². The molecule has 0 aromatic heterocycles. The lowest BCUT2D eigenvalue weighted by atomic mass is 9.77. The summed E-state index contributed by atoms with van der Waals surface area (Å²) in [5.41, 5.74) is 0.0844. The first-order chi connectivity index (χ1) is 11.3. The molecule has 24 heavy (non-hydrogen) atoms. The van der Waals surface area contributed by atoms with Gasteiger partial charge in [0.05, 0.1) is 6.10 Å². The van der Waals surface area contributed by atoms with Crippen molar-refractivity contribution in [2.75, 3.05) is 6.54 Å². The second kappa shape index (κ2) is 7.92. The fraction of sp³-hybridized carbons (Fsp3) is 0.611. The van der Waals surface area contributed by atoms with E-state index in [1.165, 1.54) is 24.3 Å². The molecule has 1 unspecified atom stereocenters. The zero-order chi connectivity index (χ0) is 17.7. The topological polar surface area (TPSA) is 58.6 Å². The maximum Gasteiger partial charge on any atom is 0.387 e. The molecule has 2 N–H and O–H groups in total. The molecule has 1 saturated carbocycles. The summed E-state index contributed by atoms with van der Waals surface area (Å²) in [5, 5.41) is 13.0. The molecule has 0 spiro atoms. The van der Waals surface area contributed by atoms with Crippen LogP contribution in [0.2, 0.25) is 0 Å². The molecular weight excluding hydrogens is 316 g/mol. The average molecular weight is 341 g/mol. The summed E-state index contributed by atoms with van der Waals surface area (Å²) in [4.78, 5) is 12.4. The molecule has 1 amide bonds. The Hall–Kier alpha value is -1.69. The molecule has 2 rings (SSSR count). The van der Waals surface area contributed by atoms with Gasteiger partial charge in [-0.1, -0.05) is 38.8 Å². The van der Waals surface area contributed by atoms with E-state index in [9.17, 15) is 18.7 Å². The number of rotatable bonds is 7. The third kappa shape index (κ3) is 4.66. The fourth-order valence-corrected chi connectivity index (χ4v) is 3.24. The Morgan fingerprint density at radius 1 is 1.29 bits per heavy atom. The number of carbonyl (C=O) groups is 1. The zero-order valence-electron chi connectivity index (χ0n) is 14.1. The third-order valence-corrected chi connectivity index (χ3v) is 4.91. The highest BCUT2D eigenvalue weighted by Crippen LogP contribution is 2.39.